The number of Topliss-reactive ketones (excluding diaryl/α,β-unsaturated/α-hetero) is 1. The SMILES string of the molecule is CC(=O)C#N.CO[C@H]1OC2COC(c3ccccc3)O[C@H]2[C@H](C)C1O[N+](=O)[O-].CO[C@H]1OC2COC(c3ccccc3)O[C@H]2[C@H](O)C1O. The standard InChI is InChI=1S/C15H19NO7.C14H18O6.C3H3NO/c1-9-12-11(21-15(19-2)13(9)23-16(17)18)8-20-14(22-12)10-6-4-3-5-7-10;1-17-14-11(16)10(15)12-9(19-14)7-18-13(20-12)8-5-3-2-4-6-8;1-3(5)2-4/h3-7,9,11-15H,8H2,1-2H3;2-6,9-16H,7H2,1H3;1H3/t9-,11?,12-,13?,14?,15-;9?,10-,11?,12-,13?,14+;/m01./s1. The number of hydrogen-bond acceptors (Lipinski definition) is 15. The molecule has 0 radical (unpaired) electrons. The molecule has 2 N–H and O–H groups in total. The van der Waals surface area contributed by atoms with E-state index < -0.39 is 66.5 Å². The number of carbonyl (C=O) groups is 1. The summed E-state index contributed by atoms with van der Waals surface area (Å²) < 4.78 is 44.4. The molecule has 4 heterocycles. The van der Waals surface area contributed by atoms with Gasteiger partial charge in [0, 0.05) is 38.2 Å². The molecule has 0 spiro atoms. The Morgan fingerprint density at radius 1 is 0.833 bits per heavy atom. The first-order chi connectivity index (χ1) is 23.1. The third-order valence-corrected chi connectivity index (χ3v) is 7.98. The molecule has 48 heavy (non-hydrogen) atoms. The fourth-order valence-corrected chi connectivity index (χ4v) is 5.58. The molecule has 12 atom stereocenters. The number of rotatable bonds is 6. The molecule has 16 nitrogen and oxygen atoms in total. The monoisotopic (exact) mass is 676 g/mol. The number of benzene rings is 2. The lowest BCUT2D eigenvalue weighted by atomic mass is 9.90. The molecule has 4 saturated heterocycles. The number of hydrogen-bond donors (Lipinski definition) is 2. The zero-order valence-corrected chi connectivity index (χ0v) is 26.8. The molecular weight excluding hydrogens is 636 g/mol. The first kappa shape index (κ1) is 37.2. The van der Waals surface area contributed by atoms with Crippen LogP contribution in [0.15, 0.2) is 60.7 Å². The molecule has 6 rings (SSSR count). The van der Waals surface area contributed by atoms with Crippen LogP contribution in [0.5, 0.6) is 0 Å². The zero-order chi connectivity index (χ0) is 34.8. The number of nitriles is 1. The predicted molar refractivity (Wildman–Crippen MR) is 161 cm³/mol. The molecule has 0 bridgehead atoms. The second kappa shape index (κ2) is 17.7. The van der Waals surface area contributed by atoms with E-state index in [0.717, 1.165) is 11.1 Å². The summed E-state index contributed by atoms with van der Waals surface area (Å²) in [6.07, 6.45) is -7.72. The lowest BCUT2D eigenvalue weighted by molar-refractivity contribution is -0.776. The quantitative estimate of drug-likeness (QED) is 0.255. The number of methoxy groups -OCH3 is 2. The van der Waals surface area contributed by atoms with Crippen molar-refractivity contribution in [2.45, 2.75) is 81.7 Å². The lowest BCUT2D eigenvalue weighted by Crippen LogP contribution is -2.62. The average Bonchev–Trinajstić information content (AvgIpc) is 3.11. The average molecular weight is 677 g/mol. The topological polar surface area (TPSA) is 208 Å². The molecule has 0 saturated carbocycles. The minimum Gasteiger partial charge on any atom is -0.387 e. The number of fused-ring (bicyclic) bond motifs is 2. The van der Waals surface area contributed by atoms with E-state index in [0.29, 0.717) is 6.61 Å². The van der Waals surface area contributed by atoms with E-state index in [2.05, 4.69) is 0 Å². The van der Waals surface area contributed by atoms with Crippen molar-refractivity contribution in [1.82, 2.24) is 0 Å². The van der Waals surface area contributed by atoms with Crippen LogP contribution in [0, 0.1) is 27.4 Å². The molecule has 2 aromatic rings. The van der Waals surface area contributed by atoms with Gasteiger partial charge < -0.3 is 52.9 Å². The summed E-state index contributed by atoms with van der Waals surface area (Å²) in [5.74, 6) is -0.732. The molecule has 262 valence electrons. The Hall–Kier alpha value is -3.60. The van der Waals surface area contributed by atoms with Gasteiger partial charge in [0.15, 0.2) is 31.3 Å². The van der Waals surface area contributed by atoms with Gasteiger partial charge in [-0.15, -0.1) is 10.1 Å². The normalized spacial score (nSPS) is 35.4. The van der Waals surface area contributed by atoms with Crippen LogP contribution in [0.2, 0.25) is 0 Å². The van der Waals surface area contributed by atoms with Gasteiger partial charge in [-0.05, 0) is 0 Å². The van der Waals surface area contributed by atoms with Crippen LogP contribution < -0.4 is 0 Å². The smallest absolute Gasteiger partial charge is 0.294 e. The number of ether oxygens (including phenoxy) is 8. The van der Waals surface area contributed by atoms with Gasteiger partial charge in [0.2, 0.25) is 5.78 Å². The number of carbonyl (C=O) groups excluding carboxylic acids is 1. The van der Waals surface area contributed by atoms with Gasteiger partial charge in [0.05, 0.1) is 19.3 Å². The fraction of sp³-hybridized carbons (Fsp3) is 0.562. The minimum atomic E-state index is -1.14. The van der Waals surface area contributed by atoms with Gasteiger partial charge in [-0.3, -0.25) is 4.79 Å². The Labute approximate surface area is 277 Å². The molecule has 4 aliphatic heterocycles. The van der Waals surface area contributed by atoms with Crippen LogP contribution in [-0.2, 0) is 47.5 Å². The molecule has 4 aliphatic rings. The summed E-state index contributed by atoms with van der Waals surface area (Å²) in [5.41, 5.74) is 1.75. The fourth-order valence-electron chi connectivity index (χ4n) is 5.58. The molecule has 6 unspecified atom stereocenters. The number of aliphatic hydroxyl groups excluding tert-OH is 2. The van der Waals surface area contributed by atoms with E-state index in [4.69, 9.17) is 48.0 Å². The van der Waals surface area contributed by atoms with Crippen molar-refractivity contribution in [3.8, 4) is 6.07 Å². The highest BCUT2D eigenvalue weighted by Crippen LogP contribution is 2.38. The van der Waals surface area contributed by atoms with Gasteiger partial charge in [0.1, 0.15) is 36.6 Å². The number of aliphatic hydroxyl groups is 2. The van der Waals surface area contributed by atoms with E-state index in [1.54, 1.807) is 0 Å². The number of ketones is 1. The van der Waals surface area contributed by atoms with Crippen molar-refractivity contribution in [3.63, 3.8) is 0 Å². The Balaban J connectivity index is 0.000000192. The Morgan fingerprint density at radius 3 is 1.75 bits per heavy atom. The van der Waals surface area contributed by atoms with Crippen LogP contribution in [0.25, 0.3) is 0 Å². The highest BCUT2D eigenvalue weighted by atomic mass is 17.0. The molecule has 0 aliphatic carbocycles. The lowest BCUT2D eigenvalue weighted by Gasteiger charge is -2.47. The van der Waals surface area contributed by atoms with E-state index in [1.807, 2.05) is 67.6 Å². The Morgan fingerprint density at radius 2 is 1.29 bits per heavy atom. The first-order valence-corrected chi connectivity index (χ1v) is 15.2. The highest BCUT2D eigenvalue weighted by molar-refractivity contribution is 5.90. The molecule has 2 aromatic carbocycles. The maximum Gasteiger partial charge on any atom is 0.294 e. The van der Waals surface area contributed by atoms with E-state index >= 15 is 0 Å². The van der Waals surface area contributed by atoms with Crippen LogP contribution in [0.1, 0.15) is 37.6 Å². The maximum atomic E-state index is 10.7. The summed E-state index contributed by atoms with van der Waals surface area (Å²) in [6, 6.07) is 20.3. The van der Waals surface area contributed by atoms with Crippen molar-refractivity contribution >= 4 is 5.78 Å². The second-order valence-electron chi connectivity index (χ2n) is 11.2. The van der Waals surface area contributed by atoms with E-state index in [9.17, 15) is 25.1 Å². The summed E-state index contributed by atoms with van der Waals surface area (Å²) in [7, 11) is 2.84. The third-order valence-electron chi connectivity index (χ3n) is 7.98. The molecule has 16 heteroatoms. The van der Waals surface area contributed by atoms with Gasteiger partial charge >= 0.3 is 0 Å². The highest BCUT2D eigenvalue weighted by Gasteiger charge is 2.50. The van der Waals surface area contributed by atoms with E-state index in [-0.39, 0.29) is 24.7 Å². The molecule has 0 amide bonds. The van der Waals surface area contributed by atoms with Crippen LogP contribution in [0.4, 0.5) is 0 Å². The zero-order valence-electron chi connectivity index (χ0n) is 26.8. The third kappa shape index (κ3) is 9.30. The number of nitrogens with zero attached hydrogens (tertiary/aromatic N) is 2. The van der Waals surface area contributed by atoms with Crippen molar-refractivity contribution < 1.29 is 62.8 Å². The van der Waals surface area contributed by atoms with Gasteiger partial charge in [-0.1, -0.05) is 67.6 Å². The molecule has 4 fully saturated rings. The van der Waals surface area contributed by atoms with Gasteiger partial charge in [-0.25, -0.2) is 0 Å². The van der Waals surface area contributed by atoms with Gasteiger partial charge in [-0.2, -0.15) is 5.26 Å². The summed E-state index contributed by atoms with van der Waals surface area (Å²) in [5, 5.41) is 37.5. The second-order valence-corrected chi connectivity index (χ2v) is 11.2. The van der Waals surface area contributed by atoms with E-state index in [1.165, 1.54) is 27.2 Å². The van der Waals surface area contributed by atoms with Crippen LogP contribution >= 0.6 is 0 Å². The van der Waals surface area contributed by atoms with Crippen LogP contribution in [0.3, 0.4) is 0 Å². The Bertz CT molecular complexity index is 1350. The summed E-state index contributed by atoms with van der Waals surface area (Å²) in [4.78, 5) is 24.9. The summed E-state index contributed by atoms with van der Waals surface area (Å²) in [6.45, 7) is 3.64. The van der Waals surface area contributed by atoms with Crippen molar-refractivity contribution in [2.75, 3.05) is 27.4 Å². The predicted octanol–water partition coefficient (Wildman–Crippen LogP) is 1.98. The van der Waals surface area contributed by atoms with Crippen molar-refractivity contribution in [2.24, 2.45) is 5.92 Å². The largest absolute Gasteiger partial charge is 0.387 e. The van der Waals surface area contributed by atoms with Crippen molar-refractivity contribution in [1.29, 1.82) is 5.26 Å². The summed E-state index contributed by atoms with van der Waals surface area (Å²) >= 11 is 0. The molecule has 0 aromatic heterocycles. The maximum absolute atomic E-state index is 10.7. The Kier molecular flexibility index (Phi) is 13.7. The van der Waals surface area contributed by atoms with Crippen LogP contribution in [-0.4, -0.2) is 104 Å². The molecular formula is C32H40N2O14. The minimum absolute atomic E-state index is 0.272. The van der Waals surface area contributed by atoms with Crippen molar-refractivity contribution in [3.05, 3.63) is 81.9 Å². The van der Waals surface area contributed by atoms with Gasteiger partial charge in [0.25, 0.3) is 5.09 Å². The first-order valence-electron chi connectivity index (χ1n) is 15.2.